The molecule has 0 saturated heterocycles. The van der Waals surface area contributed by atoms with Crippen LogP contribution in [-0.2, 0) is 0 Å². The molecular weight excluding hydrogens is 236 g/mol. The van der Waals surface area contributed by atoms with Gasteiger partial charge in [0, 0.05) is 0 Å². The summed E-state index contributed by atoms with van der Waals surface area (Å²) in [5.74, 6) is 0.134. The Hall–Kier alpha value is -1.85. The third kappa shape index (κ3) is 3.32. The average Bonchev–Trinajstić information content (AvgIpc) is 2.27. The first-order valence-corrected chi connectivity index (χ1v) is 5.76. The van der Waals surface area contributed by atoms with Gasteiger partial charge in [0.2, 0.25) is 11.8 Å². The Morgan fingerprint density at radius 2 is 1.89 bits per heavy atom. The fourth-order valence-corrected chi connectivity index (χ4v) is 1.35. The van der Waals surface area contributed by atoms with E-state index in [1.54, 1.807) is 0 Å². The number of carbonyl (C=O) groups is 1. The Morgan fingerprint density at radius 3 is 2.33 bits per heavy atom. The van der Waals surface area contributed by atoms with E-state index in [1.165, 1.54) is 14.0 Å². The maximum absolute atomic E-state index is 11.6. The van der Waals surface area contributed by atoms with Crippen LogP contribution in [0.5, 0.6) is 17.8 Å². The number of ketones is 1. The van der Waals surface area contributed by atoms with Crippen molar-refractivity contribution in [3.8, 4) is 17.8 Å². The molecule has 1 aromatic heterocycles. The molecule has 1 aromatic rings. The van der Waals surface area contributed by atoms with E-state index in [0.717, 1.165) is 0 Å². The molecule has 6 heteroatoms. The molecule has 1 heterocycles. The molecule has 0 spiro atoms. The van der Waals surface area contributed by atoms with Crippen LogP contribution in [0.15, 0.2) is 0 Å². The van der Waals surface area contributed by atoms with Crippen molar-refractivity contribution in [1.82, 2.24) is 9.97 Å². The number of carbonyl (C=O) groups excluding carboxylic acids is 1. The Labute approximate surface area is 106 Å². The van der Waals surface area contributed by atoms with Crippen molar-refractivity contribution in [3.63, 3.8) is 0 Å². The molecule has 0 atom stereocenters. The minimum absolute atomic E-state index is 0.114. The van der Waals surface area contributed by atoms with Crippen molar-refractivity contribution in [3.05, 3.63) is 5.56 Å². The number of Topliss-reactive ketones (excluding diaryl/α,β-unsaturated/α-hetero) is 1. The molecule has 18 heavy (non-hydrogen) atoms. The van der Waals surface area contributed by atoms with Crippen LogP contribution in [0.2, 0.25) is 0 Å². The second-order valence-electron chi connectivity index (χ2n) is 3.85. The molecule has 0 aromatic carbocycles. The first kappa shape index (κ1) is 14.2. The zero-order valence-corrected chi connectivity index (χ0v) is 11.3. The third-order valence-corrected chi connectivity index (χ3v) is 1.99. The molecule has 0 aliphatic carbocycles. The average molecular weight is 254 g/mol. The van der Waals surface area contributed by atoms with Gasteiger partial charge in [-0.05, 0) is 27.7 Å². The van der Waals surface area contributed by atoms with Crippen molar-refractivity contribution in [2.45, 2.75) is 33.8 Å². The second-order valence-corrected chi connectivity index (χ2v) is 3.85. The van der Waals surface area contributed by atoms with Gasteiger partial charge in [-0.1, -0.05) is 0 Å². The summed E-state index contributed by atoms with van der Waals surface area (Å²) in [7, 11) is 1.43. The van der Waals surface area contributed by atoms with Gasteiger partial charge in [0.15, 0.2) is 5.78 Å². The molecule has 0 amide bonds. The SMILES string of the molecule is CCOc1nc(OC)c(C(C)=O)c(OC(C)C)n1. The van der Waals surface area contributed by atoms with E-state index in [9.17, 15) is 4.79 Å². The number of nitrogens with zero attached hydrogens (tertiary/aromatic N) is 2. The monoisotopic (exact) mass is 254 g/mol. The molecule has 0 aliphatic heterocycles. The summed E-state index contributed by atoms with van der Waals surface area (Å²) in [6.07, 6.45) is -0.114. The van der Waals surface area contributed by atoms with Gasteiger partial charge in [0.1, 0.15) is 5.56 Å². The lowest BCUT2D eigenvalue weighted by molar-refractivity contribution is 0.100. The van der Waals surface area contributed by atoms with E-state index in [0.29, 0.717) is 6.61 Å². The quantitative estimate of drug-likeness (QED) is 0.722. The van der Waals surface area contributed by atoms with Gasteiger partial charge >= 0.3 is 6.01 Å². The summed E-state index contributed by atoms with van der Waals surface area (Å²) in [6, 6.07) is 0.134. The fraction of sp³-hybridized carbons (Fsp3) is 0.583. The Morgan fingerprint density at radius 1 is 1.28 bits per heavy atom. The summed E-state index contributed by atoms with van der Waals surface area (Å²) in [6.45, 7) is 7.34. The third-order valence-electron chi connectivity index (χ3n) is 1.99. The first-order chi connectivity index (χ1) is 8.49. The van der Waals surface area contributed by atoms with Crippen LogP contribution in [0.3, 0.4) is 0 Å². The minimum Gasteiger partial charge on any atom is -0.480 e. The van der Waals surface area contributed by atoms with Crippen LogP contribution >= 0.6 is 0 Å². The van der Waals surface area contributed by atoms with Crippen LogP contribution < -0.4 is 14.2 Å². The highest BCUT2D eigenvalue weighted by Crippen LogP contribution is 2.28. The standard InChI is InChI=1S/C12H18N2O4/c1-6-17-12-13-10(16-5)9(8(4)15)11(14-12)18-7(2)3/h7H,6H2,1-5H3. The number of methoxy groups -OCH3 is 1. The van der Waals surface area contributed by atoms with Gasteiger partial charge in [0.25, 0.3) is 0 Å². The van der Waals surface area contributed by atoms with Crippen molar-refractivity contribution in [1.29, 1.82) is 0 Å². The minimum atomic E-state index is -0.217. The number of hydrogen-bond acceptors (Lipinski definition) is 6. The highest BCUT2D eigenvalue weighted by Gasteiger charge is 2.21. The largest absolute Gasteiger partial charge is 0.480 e. The van der Waals surface area contributed by atoms with E-state index in [1.807, 2.05) is 20.8 Å². The molecule has 0 bridgehead atoms. The van der Waals surface area contributed by atoms with Gasteiger partial charge in [-0.2, -0.15) is 9.97 Å². The summed E-state index contributed by atoms with van der Waals surface area (Å²) < 4.78 is 15.8. The predicted molar refractivity (Wildman–Crippen MR) is 65.5 cm³/mol. The highest BCUT2D eigenvalue weighted by molar-refractivity contribution is 5.98. The Balaban J connectivity index is 3.31. The van der Waals surface area contributed by atoms with Crippen LogP contribution in [0.25, 0.3) is 0 Å². The van der Waals surface area contributed by atoms with Crippen LogP contribution in [-0.4, -0.2) is 35.6 Å². The lowest BCUT2D eigenvalue weighted by Crippen LogP contribution is -2.13. The normalized spacial score (nSPS) is 10.3. The van der Waals surface area contributed by atoms with E-state index in [2.05, 4.69) is 9.97 Å². The van der Waals surface area contributed by atoms with Crippen molar-refractivity contribution in [2.75, 3.05) is 13.7 Å². The number of aromatic nitrogens is 2. The summed E-state index contributed by atoms with van der Waals surface area (Å²) in [4.78, 5) is 19.7. The molecule has 0 N–H and O–H groups in total. The van der Waals surface area contributed by atoms with Crippen LogP contribution in [0, 0.1) is 0 Å². The molecule has 0 aliphatic rings. The topological polar surface area (TPSA) is 70.5 Å². The molecule has 0 saturated carbocycles. The first-order valence-electron chi connectivity index (χ1n) is 5.76. The molecule has 100 valence electrons. The summed E-state index contributed by atoms with van der Waals surface area (Å²) in [5.41, 5.74) is 0.231. The molecular formula is C12H18N2O4. The van der Waals surface area contributed by atoms with Gasteiger partial charge in [-0.25, -0.2) is 0 Å². The van der Waals surface area contributed by atoms with Gasteiger partial charge in [0.05, 0.1) is 19.8 Å². The van der Waals surface area contributed by atoms with E-state index in [-0.39, 0.29) is 35.2 Å². The van der Waals surface area contributed by atoms with Crippen LogP contribution in [0.4, 0.5) is 0 Å². The number of hydrogen-bond donors (Lipinski definition) is 0. The highest BCUT2D eigenvalue weighted by atomic mass is 16.5. The van der Waals surface area contributed by atoms with Gasteiger partial charge in [-0.3, -0.25) is 4.79 Å². The van der Waals surface area contributed by atoms with Crippen LogP contribution in [0.1, 0.15) is 38.1 Å². The summed E-state index contributed by atoms with van der Waals surface area (Å²) in [5, 5.41) is 0. The van der Waals surface area contributed by atoms with Crippen molar-refractivity contribution < 1.29 is 19.0 Å². The van der Waals surface area contributed by atoms with Crippen molar-refractivity contribution >= 4 is 5.78 Å². The zero-order valence-electron chi connectivity index (χ0n) is 11.3. The number of rotatable bonds is 6. The fourth-order valence-electron chi connectivity index (χ4n) is 1.35. The molecule has 0 fully saturated rings. The number of ether oxygens (including phenoxy) is 3. The Bertz CT molecular complexity index is 432. The van der Waals surface area contributed by atoms with E-state index in [4.69, 9.17) is 14.2 Å². The van der Waals surface area contributed by atoms with Gasteiger partial charge < -0.3 is 14.2 Å². The van der Waals surface area contributed by atoms with Gasteiger partial charge in [-0.15, -0.1) is 0 Å². The van der Waals surface area contributed by atoms with E-state index >= 15 is 0 Å². The Kier molecular flexibility index (Phi) is 4.88. The maximum atomic E-state index is 11.6. The maximum Gasteiger partial charge on any atom is 0.323 e. The molecule has 6 nitrogen and oxygen atoms in total. The zero-order chi connectivity index (χ0) is 13.7. The van der Waals surface area contributed by atoms with E-state index < -0.39 is 0 Å². The molecule has 1 rings (SSSR count). The predicted octanol–water partition coefficient (Wildman–Crippen LogP) is 1.87. The lowest BCUT2D eigenvalue weighted by Gasteiger charge is -2.14. The second kappa shape index (κ2) is 6.18. The molecule has 0 radical (unpaired) electrons. The molecule has 0 unspecified atom stereocenters. The summed E-state index contributed by atoms with van der Waals surface area (Å²) >= 11 is 0. The lowest BCUT2D eigenvalue weighted by atomic mass is 10.2. The van der Waals surface area contributed by atoms with Crippen molar-refractivity contribution in [2.24, 2.45) is 0 Å². The smallest absolute Gasteiger partial charge is 0.323 e.